The van der Waals surface area contributed by atoms with Crippen LogP contribution in [-0.4, -0.2) is 41.1 Å². The summed E-state index contributed by atoms with van der Waals surface area (Å²) in [4.78, 5) is 24.5. The van der Waals surface area contributed by atoms with Crippen LogP contribution in [0.3, 0.4) is 0 Å². The molecule has 2 N–H and O–H groups in total. The zero-order valence-electron chi connectivity index (χ0n) is 12.3. The average molecular weight is 282 g/mol. The maximum Gasteiger partial charge on any atom is 0.317 e. The molecular weight excluding hydrogens is 256 g/mol. The van der Waals surface area contributed by atoms with Gasteiger partial charge in [0, 0.05) is 25.6 Å². The third-order valence-corrected chi connectivity index (χ3v) is 4.56. The maximum absolute atomic E-state index is 12.1. The van der Waals surface area contributed by atoms with Crippen LogP contribution in [0.15, 0.2) is 0 Å². The molecule has 1 saturated carbocycles. The Morgan fingerprint density at radius 3 is 2.55 bits per heavy atom. The van der Waals surface area contributed by atoms with Crippen LogP contribution in [0, 0.1) is 11.8 Å². The van der Waals surface area contributed by atoms with Crippen molar-refractivity contribution < 1.29 is 14.7 Å². The quantitative estimate of drug-likeness (QED) is 0.786. The van der Waals surface area contributed by atoms with Gasteiger partial charge < -0.3 is 15.3 Å². The van der Waals surface area contributed by atoms with E-state index in [2.05, 4.69) is 12.2 Å². The van der Waals surface area contributed by atoms with Gasteiger partial charge >= 0.3 is 12.0 Å². The standard InChI is InChI=1S/C15H26N2O3/c1-2-3-12-10-13(12)16-15(20)17-8-6-11(7-9-17)4-5-14(18)19/h11-13H,2-10H2,1H3,(H,16,20)(H,18,19). The summed E-state index contributed by atoms with van der Waals surface area (Å²) in [5.74, 6) is 0.432. The molecule has 2 aliphatic rings. The van der Waals surface area contributed by atoms with Crippen molar-refractivity contribution >= 4 is 12.0 Å². The molecule has 2 unspecified atom stereocenters. The van der Waals surface area contributed by atoms with Gasteiger partial charge in [0.05, 0.1) is 0 Å². The molecule has 5 heteroatoms. The lowest BCUT2D eigenvalue weighted by Crippen LogP contribution is -2.45. The van der Waals surface area contributed by atoms with Crippen LogP contribution in [0.1, 0.15) is 51.9 Å². The van der Waals surface area contributed by atoms with Crippen molar-refractivity contribution in [3.8, 4) is 0 Å². The van der Waals surface area contributed by atoms with E-state index >= 15 is 0 Å². The molecule has 114 valence electrons. The highest BCUT2D eigenvalue weighted by Crippen LogP contribution is 2.34. The SMILES string of the molecule is CCCC1CC1NC(=O)N1CCC(CCC(=O)O)CC1. The zero-order chi connectivity index (χ0) is 14.5. The molecule has 20 heavy (non-hydrogen) atoms. The highest BCUT2D eigenvalue weighted by molar-refractivity contribution is 5.75. The topological polar surface area (TPSA) is 69.6 Å². The Kier molecular flexibility index (Phi) is 5.26. The van der Waals surface area contributed by atoms with Crippen LogP contribution in [0.2, 0.25) is 0 Å². The first-order valence-electron chi connectivity index (χ1n) is 7.87. The Labute approximate surface area is 120 Å². The molecule has 5 nitrogen and oxygen atoms in total. The highest BCUT2D eigenvalue weighted by atomic mass is 16.4. The Morgan fingerprint density at radius 2 is 1.95 bits per heavy atom. The number of amides is 2. The summed E-state index contributed by atoms with van der Waals surface area (Å²) in [5.41, 5.74) is 0. The van der Waals surface area contributed by atoms with Crippen molar-refractivity contribution in [2.75, 3.05) is 13.1 Å². The largest absolute Gasteiger partial charge is 0.481 e. The maximum atomic E-state index is 12.1. The van der Waals surface area contributed by atoms with Gasteiger partial charge in [-0.25, -0.2) is 4.79 Å². The van der Waals surface area contributed by atoms with Crippen LogP contribution >= 0.6 is 0 Å². The van der Waals surface area contributed by atoms with Crippen molar-refractivity contribution in [3.63, 3.8) is 0 Å². The van der Waals surface area contributed by atoms with E-state index in [1.807, 2.05) is 4.90 Å². The van der Waals surface area contributed by atoms with Crippen LogP contribution in [-0.2, 0) is 4.79 Å². The van der Waals surface area contributed by atoms with Crippen LogP contribution in [0.25, 0.3) is 0 Å². The number of carboxylic acid groups (broad SMARTS) is 1. The summed E-state index contributed by atoms with van der Waals surface area (Å²) >= 11 is 0. The molecule has 0 aromatic carbocycles. The fourth-order valence-electron chi connectivity index (χ4n) is 3.12. The number of aliphatic carboxylic acids is 1. The van der Waals surface area contributed by atoms with Crippen LogP contribution < -0.4 is 5.32 Å². The average Bonchev–Trinajstić information content (AvgIpc) is 3.15. The first-order valence-corrected chi connectivity index (χ1v) is 7.87. The van der Waals surface area contributed by atoms with Crippen molar-refractivity contribution in [1.82, 2.24) is 10.2 Å². The highest BCUT2D eigenvalue weighted by Gasteiger charge is 2.38. The summed E-state index contributed by atoms with van der Waals surface area (Å²) < 4.78 is 0. The van der Waals surface area contributed by atoms with E-state index in [0.29, 0.717) is 17.9 Å². The second-order valence-electron chi connectivity index (χ2n) is 6.20. The number of nitrogens with one attached hydrogen (secondary N) is 1. The van der Waals surface area contributed by atoms with E-state index in [0.717, 1.165) is 38.8 Å². The summed E-state index contributed by atoms with van der Waals surface area (Å²) in [6.45, 7) is 3.71. The van der Waals surface area contributed by atoms with Gasteiger partial charge in [-0.15, -0.1) is 0 Å². The Balaban J connectivity index is 1.63. The molecule has 0 spiro atoms. The van der Waals surface area contributed by atoms with E-state index in [1.54, 1.807) is 0 Å². The molecule has 2 atom stereocenters. The molecule has 2 fully saturated rings. The van der Waals surface area contributed by atoms with Gasteiger partial charge in [-0.1, -0.05) is 13.3 Å². The molecule has 1 heterocycles. The van der Waals surface area contributed by atoms with Gasteiger partial charge in [0.25, 0.3) is 0 Å². The number of rotatable bonds is 6. The fourth-order valence-corrected chi connectivity index (χ4v) is 3.12. The van der Waals surface area contributed by atoms with E-state index in [9.17, 15) is 9.59 Å². The summed E-state index contributed by atoms with van der Waals surface area (Å²) in [5, 5.41) is 11.8. The molecule has 2 amide bonds. The summed E-state index contributed by atoms with van der Waals surface area (Å²) in [7, 11) is 0. The lowest BCUT2D eigenvalue weighted by atomic mass is 9.92. The first kappa shape index (κ1) is 15.1. The summed E-state index contributed by atoms with van der Waals surface area (Å²) in [6, 6.07) is 0.470. The van der Waals surface area contributed by atoms with Crippen molar-refractivity contribution in [3.05, 3.63) is 0 Å². The molecular formula is C15H26N2O3. The smallest absolute Gasteiger partial charge is 0.317 e. The van der Waals surface area contributed by atoms with Gasteiger partial charge in [-0.3, -0.25) is 4.79 Å². The number of carboxylic acids is 1. The Morgan fingerprint density at radius 1 is 1.25 bits per heavy atom. The molecule has 0 aromatic rings. The second kappa shape index (κ2) is 6.95. The minimum atomic E-state index is -0.721. The molecule has 1 aliphatic heterocycles. The predicted octanol–water partition coefficient (Wildman–Crippen LogP) is 2.46. The lowest BCUT2D eigenvalue weighted by Gasteiger charge is -2.32. The fraction of sp³-hybridized carbons (Fsp3) is 0.867. The van der Waals surface area contributed by atoms with Gasteiger partial charge in [-0.05, 0) is 43.9 Å². The molecule has 1 saturated heterocycles. The minimum Gasteiger partial charge on any atom is -0.481 e. The number of hydrogen-bond donors (Lipinski definition) is 2. The number of nitrogens with zero attached hydrogens (tertiary/aromatic N) is 1. The molecule has 0 aromatic heterocycles. The molecule has 1 aliphatic carbocycles. The lowest BCUT2D eigenvalue weighted by molar-refractivity contribution is -0.137. The third-order valence-electron chi connectivity index (χ3n) is 4.56. The van der Waals surface area contributed by atoms with Crippen molar-refractivity contribution in [2.45, 2.75) is 57.9 Å². The van der Waals surface area contributed by atoms with Crippen molar-refractivity contribution in [1.29, 1.82) is 0 Å². The van der Waals surface area contributed by atoms with E-state index in [1.165, 1.54) is 12.8 Å². The van der Waals surface area contributed by atoms with Gasteiger partial charge in [0.15, 0.2) is 0 Å². The third kappa shape index (κ3) is 4.39. The number of piperidine rings is 1. The number of hydrogen-bond acceptors (Lipinski definition) is 2. The molecule has 0 bridgehead atoms. The van der Waals surface area contributed by atoms with Crippen molar-refractivity contribution in [2.24, 2.45) is 11.8 Å². The normalized spacial score (nSPS) is 26.4. The van der Waals surface area contributed by atoms with Crippen LogP contribution in [0.4, 0.5) is 4.79 Å². The Bertz CT molecular complexity index is 351. The van der Waals surface area contributed by atoms with Gasteiger partial charge in [0.1, 0.15) is 0 Å². The van der Waals surface area contributed by atoms with E-state index in [-0.39, 0.29) is 12.5 Å². The Hall–Kier alpha value is -1.26. The number of carbonyl (C=O) groups excluding carboxylic acids is 1. The van der Waals surface area contributed by atoms with Gasteiger partial charge in [-0.2, -0.15) is 0 Å². The van der Waals surface area contributed by atoms with Gasteiger partial charge in [0.2, 0.25) is 0 Å². The number of carbonyl (C=O) groups is 2. The zero-order valence-corrected chi connectivity index (χ0v) is 12.3. The number of likely N-dealkylation sites (tertiary alicyclic amines) is 1. The molecule has 2 rings (SSSR count). The second-order valence-corrected chi connectivity index (χ2v) is 6.20. The molecule has 0 radical (unpaired) electrons. The number of urea groups is 1. The predicted molar refractivity (Wildman–Crippen MR) is 76.5 cm³/mol. The van der Waals surface area contributed by atoms with E-state index in [4.69, 9.17) is 5.11 Å². The van der Waals surface area contributed by atoms with Crippen LogP contribution in [0.5, 0.6) is 0 Å². The first-order chi connectivity index (χ1) is 9.60. The monoisotopic (exact) mass is 282 g/mol. The minimum absolute atomic E-state index is 0.0743. The van der Waals surface area contributed by atoms with E-state index < -0.39 is 5.97 Å². The summed E-state index contributed by atoms with van der Waals surface area (Å²) in [6.07, 6.45) is 6.39.